The first-order valence-corrected chi connectivity index (χ1v) is 11.5. The van der Waals surface area contributed by atoms with E-state index in [-0.39, 0.29) is 23.9 Å². The molecule has 3 aromatic carbocycles. The minimum Gasteiger partial charge on any atom is -0.336 e. The molecule has 154 valence electrons. The van der Waals surface area contributed by atoms with Gasteiger partial charge in [-0.1, -0.05) is 54.1 Å². The Morgan fingerprint density at radius 3 is 1.90 bits per heavy atom. The molecular weight excluding hydrogens is 420 g/mol. The molecule has 1 amide bonds. The Balaban J connectivity index is 1.41. The van der Waals surface area contributed by atoms with Gasteiger partial charge in [0.25, 0.3) is 5.91 Å². The Morgan fingerprint density at radius 1 is 0.733 bits per heavy atom. The number of nitrogens with zero attached hydrogens (tertiary/aromatic N) is 2. The number of amides is 1. The van der Waals surface area contributed by atoms with Crippen molar-refractivity contribution < 1.29 is 13.2 Å². The number of sulfonamides is 1. The maximum Gasteiger partial charge on any atom is 0.253 e. The average Bonchev–Trinajstić information content (AvgIpc) is 2.80. The van der Waals surface area contributed by atoms with Gasteiger partial charge in [0.2, 0.25) is 10.0 Å². The first-order valence-electron chi connectivity index (χ1n) is 9.66. The molecule has 5 nitrogen and oxygen atoms in total. The van der Waals surface area contributed by atoms with Crippen LogP contribution in [0.15, 0.2) is 83.8 Å². The first-order chi connectivity index (χ1) is 14.4. The highest BCUT2D eigenvalue weighted by atomic mass is 35.5. The lowest BCUT2D eigenvalue weighted by molar-refractivity contribution is 0.0698. The van der Waals surface area contributed by atoms with E-state index in [0.29, 0.717) is 23.7 Å². The molecule has 1 fully saturated rings. The lowest BCUT2D eigenvalue weighted by Crippen LogP contribution is -2.50. The zero-order valence-corrected chi connectivity index (χ0v) is 17.8. The van der Waals surface area contributed by atoms with Crippen molar-refractivity contribution >= 4 is 27.5 Å². The molecular formula is C23H21ClN2O3S. The van der Waals surface area contributed by atoms with Gasteiger partial charge in [0.1, 0.15) is 0 Å². The first kappa shape index (κ1) is 20.6. The van der Waals surface area contributed by atoms with Crippen molar-refractivity contribution in [1.29, 1.82) is 0 Å². The molecule has 3 aromatic rings. The zero-order chi connectivity index (χ0) is 21.1. The summed E-state index contributed by atoms with van der Waals surface area (Å²) in [5.41, 5.74) is 2.74. The van der Waals surface area contributed by atoms with Crippen LogP contribution in [0.2, 0.25) is 5.02 Å². The maximum atomic E-state index is 12.9. The molecule has 0 N–H and O–H groups in total. The highest BCUT2D eigenvalue weighted by Gasteiger charge is 2.30. The number of hydrogen-bond donors (Lipinski definition) is 0. The molecule has 1 aliphatic heterocycles. The molecule has 1 aliphatic rings. The summed E-state index contributed by atoms with van der Waals surface area (Å²) in [7, 11) is -3.59. The van der Waals surface area contributed by atoms with Gasteiger partial charge in [0.05, 0.1) is 4.90 Å². The molecule has 1 saturated heterocycles. The van der Waals surface area contributed by atoms with E-state index in [0.717, 1.165) is 11.1 Å². The predicted octanol–water partition coefficient (Wildman–Crippen LogP) is 4.15. The van der Waals surface area contributed by atoms with Crippen molar-refractivity contribution in [1.82, 2.24) is 9.21 Å². The quantitative estimate of drug-likeness (QED) is 0.612. The van der Waals surface area contributed by atoms with Crippen LogP contribution in [0.5, 0.6) is 0 Å². The fraction of sp³-hybridized carbons (Fsp3) is 0.174. The minimum atomic E-state index is -3.59. The Kier molecular flexibility index (Phi) is 5.90. The third kappa shape index (κ3) is 4.26. The van der Waals surface area contributed by atoms with Crippen LogP contribution in [0.25, 0.3) is 11.1 Å². The van der Waals surface area contributed by atoms with Crippen molar-refractivity contribution in [2.75, 3.05) is 26.2 Å². The molecule has 30 heavy (non-hydrogen) atoms. The summed E-state index contributed by atoms with van der Waals surface area (Å²) in [6.45, 7) is 1.23. The van der Waals surface area contributed by atoms with Crippen LogP contribution in [0, 0.1) is 0 Å². The maximum absolute atomic E-state index is 12.9. The summed E-state index contributed by atoms with van der Waals surface area (Å²) in [5, 5.41) is 0.489. The monoisotopic (exact) mass is 440 g/mol. The highest BCUT2D eigenvalue weighted by Crippen LogP contribution is 2.22. The SMILES string of the molecule is O=C(c1ccc(-c2ccccc2)cc1)N1CCN(S(=O)(=O)c2ccc(Cl)cc2)CC1. The molecule has 1 heterocycles. The summed E-state index contributed by atoms with van der Waals surface area (Å²) in [6.07, 6.45) is 0. The zero-order valence-electron chi connectivity index (χ0n) is 16.2. The smallest absolute Gasteiger partial charge is 0.253 e. The van der Waals surface area contributed by atoms with E-state index in [1.165, 1.54) is 16.4 Å². The molecule has 7 heteroatoms. The van der Waals surface area contributed by atoms with E-state index in [9.17, 15) is 13.2 Å². The molecule has 0 spiro atoms. The summed E-state index contributed by atoms with van der Waals surface area (Å²) >= 11 is 5.85. The largest absolute Gasteiger partial charge is 0.336 e. The molecule has 0 aromatic heterocycles. The summed E-state index contributed by atoms with van der Waals surface area (Å²) < 4.78 is 27.0. The Bertz CT molecular complexity index is 1120. The van der Waals surface area contributed by atoms with Crippen molar-refractivity contribution in [3.05, 3.63) is 89.4 Å². The summed E-state index contributed by atoms with van der Waals surface area (Å²) in [5.74, 6) is -0.0850. The molecule has 0 unspecified atom stereocenters. The van der Waals surface area contributed by atoms with Gasteiger partial charge in [-0.05, 0) is 47.5 Å². The van der Waals surface area contributed by atoms with E-state index in [1.54, 1.807) is 17.0 Å². The number of carbonyl (C=O) groups is 1. The van der Waals surface area contributed by atoms with Gasteiger partial charge in [-0.15, -0.1) is 0 Å². The van der Waals surface area contributed by atoms with Crippen LogP contribution in [0.1, 0.15) is 10.4 Å². The van der Waals surface area contributed by atoms with Crippen molar-refractivity contribution in [2.45, 2.75) is 4.90 Å². The van der Waals surface area contributed by atoms with Crippen LogP contribution >= 0.6 is 11.6 Å². The lowest BCUT2D eigenvalue weighted by atomic mass is 10.0. The van der Waals surface area contributed by atoms with E-state index < -0.39 is 10.0 Å². The molecule has 0 aliphatic carbocycles. The molecule has 0 atom stereocenters. The van der Waals surface area contributed by atoms with Gasteiger partial charge in [-0.25, -0.2) is 8.42 Å². The number of carbonyl (C=O) groups excluding carboxylic acids is 1. The predicted molar refractivity (Wildman–Crippen MR) is 118 cm³/mol. The average molecular weight is 441 g/mol. The van der Waals surface area contributed by atoms with E-state index >= 15 is 0 Å². The van der Waals surface area contributed by atoms with Crippen LogP contribution in [-0.4, -0.2) is 49.7 Å². The fourth-order valence-corrected chi connectivity index (χ4v) is 5.05. The second-order valence-electron chi connectivity index (χ2n) is 7.09. The van der Waals surface area contributed by atoms with Crippen LogP contribution in [-0.2, 0) is 10.0 Å². The second-order valence-corrected chi connectivity index (χ2v) is 9.47. The highest BCUT2D eigenvalue weighted by molar-refractivity contribution is 7.89. The molecule has 4 rings (SSSR count). The topological polar surface area (TPSA) is 57.7 Å². The number of benzene rings is 3. The third-order valence-electron chi connectivity index (χ3n) is 5.22. The van der Waals surface area contributed by atoms with Crippen LogP contribution < -0.4 is 0 Å². The van der Waals surface area contributed by atoms with Gasteiger partial charge >= 0.3 is 0 Å². The summed E-state index contributed by atoms with van der Waals surface area (Å²) in [6, 6.07) is 23.6. The van der Waals surface area contributed by atoms with Gasteiger partial charge in [0.15, 0.2) is 0 Å². The van der Waals surface area contributed by atoms with Gasteiger partial charge in [0, 0.05) is 36.8 Å². The Morgan fingerprint density at radius 2 is 1.30 bits per heavy atom. The minimum absolute atomic E-state index is 0.0850. The van der Waals surface area contributed by atoms with Gasteiger partial charge in [-0.3, -0.25) is 4.79 Å². The van der Waals surface area contributed by atoms with Gasteiger partial charge in [-0.2, -0.15) is 4.31 Å². The summed E-state index contributed by atoms with van der Waals surface area (Å²) in [4.78, 5) is 14.8. The lowest BCUT2D eigenvalue weighted by Gasteiger charge is -2.34. The standard InChI is InChI=1S/C23H21ClN2O3S/c24-21-10-12-22(13-11-21)30(28,29)26-16-14-25(15-17-26)23(27)20-8-6-19(7-9-20)18-4-2-1-3-5-18/h1-13H,14-17H2. The van der Waals surface area contributed by atoms with Crippen LogP contribution in [0.4, 0.5) is 0 Å². The van der Waals surface area contributed by atoms with E-state index in [1.807, 2.05) is 54.6 Å². The number of rotatable bonds is 4. The second kappa shape index (κ2) is 8.60. The fourth-order valence-electron chi connectivity index (χ4n) is 3.51. The van der Waals surface area contributed by atoms with Crippen molar-refractivity contribution in [2.24, 2.45) is 0 Å². The Hall–Kier alpha value is -2.67. The van der Waals surface area contributed by atoms with E-state index in [4.69, 9.17) is 11.6 Å². The van der Waals surface area contributed by atoms with Crippen molar-refractivity contribution in [3.8, 4) is 11.1 Å². The normalized spacial score (nSPS) is 15.2. The molecule has 0 saturated carbocycles. The Labute approximate surface area is 181 Å². The number of hydrogen-bond acceptors (Lipinski definition) is 3. The van der Waals surface area contributed by atoms with Crippen molar-refractivity contribution in [3.63, 3.8) is 0 Å². The number of piperazine rings is 1. The third-order valence-corrected chi connectivity index (χ3v) is 7.38. The molecule has 0 bridgehead atoms. The number of halogens is 1. The van der Waals surface area contributed by atoms with E-state index in [2.05, 4.69) is 0 Å². The van der Waals surface area contributed by atoms with Crippen LogP contribution in [0.3, 0.4) is 0 Å². The van der Waals surface area contributed by atoms with Gasteiger partial charge < -0.3 is 4.90 Å². The molecule has 0 radical (unpaired) electrons.